The number of halogens is 1. The zero-order chi connectivity index (χ0) is 10.8. The van der Waals surface area contributed by atoms with E-state index >= 15 is 0 Å². The Labute approximate surface area is 82.3 Å². The molecule has 0 bridgehead atoms. The molecular weight excluding hydrogens is 205 g/mol. The van der Waals surface area contributed by atoms with Gasteiger partial charge in [0.05, 0.1) is 0 Å². The van der Waals surface area contributed by atoms with Gasteiger partial charge in [0.2, 0.25) is 0 Å². The van der Waals surface area contributed by atoms with Crippen molar-refractivity contribution in [3.8, 4) is 0 Å². The van der Waals surface area contributed by atoms with E-state index in [0.717, 1.165) is 12.3 Å². The van der Waals surface area contributed by atoms with E-state index in [9.17, 15) is 12.8 Å². The first kappa shape index (κ1) is 10.7. The van der Waals surface area contributed by atoms with Gasteiger partial charge in [0, 0.05) is 6.20 Å². The fourth-order valence-corrected chi connectivity index (χ4v) is 2.28. The largest absolute Gasteiger partial charge is 0.287 e. The normalized spacial score (nSPS) is 11.0. The maximum Gasteiger partial charge on any atom is 0.264 e. The topological polar surface area (TPSA) is 46.2 Å². The lowest BCUT2D eigenvalue weighted by atomic mass is 10.2. The highest BCUT2D eigenvalue weighted by molar-refractivity contribution is 7.89. The van der Waals surface area contributed by atoms with E-state index in [4.69, 9.17) is 0 Å². The van der Waals surface area contributed by atoms with Gasteiger partial charge >= 0.3 is 0 Å². The molecule has 0 saturated heterocycles. The first-order valence-corrected chi connectivity index (χ1v) is 5.35. The Balaban J connectivity index is 3.39. The number of aryl methyl sites for hydroxylation is 1. The van der Waals surface area contributed by atoms with Gasteiger partial charge < -0.3 is 0 Å². The van der Waals surface area contributed by atoms with Crippen molar-refractivity contribution in [3.63, 3.8) is 0 Å². The molecule has 0 radical (unpaired) electrons. The van der Waals surface area contributed by atoms with Gasteiger partial charge in [0.25, 0.3) is 10.0 Å². The third-order valence-electron chi connectivity index (χ3n) is 1.67. The van der Waals surface area contributed by atoms with Crippen LogP contribution in [0.3, 0.4) is 0 Å². The highest BCUT2D eigenvalue weighted by Crippen LogP contribution is 2.18. The number of nitrogens with one attached hydrogen (secondary N) is 1. The second-order valence-electron chi connectivity index (χ2n) is 2.71. The van der Waals surface area contributed by atoms with Gasteiger partial charge in [-0.25, -0.2) is 12.8 Å². The summed E-state index contributed by atoms with van der Waals surface area (Å²) >= 11 is 0. The van der Waals surface area contributed by atoms with Crippen molar-refractivity contribution in [2.24, 2.45) is 0 Å². The Kier molecular flexibility index (Phi) is 2.90. The first-order chi connectivity index (χ1) is 6.49. The second kappa shape index (κ2) is 3.79. The third kappa shape index (κ3) is 1.93. The van der Waals surface area contributed by atoms with E-state index in [1.807, 2.05) is 4.72 Å². The molecule has 0 aliphatic rings. The fourth-order valence-electron chi connectivity index (χ4n) is 1.13. The van der Waals surface area contributed by atoms with Gasteiger partial charge in [-0.3, -0.25) is 4.72 Å². The second-order valence-corrected chi connectivity index (χ2v) is 4.36. The van der Waals surface area contributed by atoms with E-state index in [1.165, 1.54) is 19.1 Å². The average Bonchev–Trinajstić information content (AvgIpc) is 2.02. The molecule has 3 nitrogen and oxygen atoms in total. The van der Waals surface area contributed by atoms with Crippen LogP contribution in [0.5, 0.6) is 0 Å². The number of hydrogen-bond donors (Lipinski definition) is 1. The van der Waals surface area contributed by atoms with Crippen LogP contribution in [0.25, 0.3) is 0 Å². The van der Waals surface area contributed by atoms with E-state index < -0.39 is 15.8 Å². The summed E-state index contributed by atoms with van der Waals surface area (Å²) in [6, 6.07) is 4.09. The van der Waals surface area contributed by atoms with E-state index in [0.29, 0.717) is 5.56 Å². The van der Waals surface area contributed by atoms with Crippen LogP contribution in [-0.4, -0.2) is 8.42 Å². The molecule has 5 heteroatoms. The minimum atomic E-state index is -3.81. The summed E-state index contributed by atoms with van der Waals surface area (Å²) in [6.07, 6.45) is 1.00. The predicted octanol–water partition coefficient (Wildman–Crippen LogP) is 1.56. The lowest BCUT2D eigenvalue weighted by molar-refractivity contribution is 0.561. The highest BCUT2D eigenvalue weighted by Gasteiger charge is 2.19. The molecule has 1 N–H and O–H groups in total. The van der Waals surface area contributed by atoms with Crippen molar-refractivity contribution in [2.75, 3.05) is 0 Å². The lowest BCUT2D eigenvalue weighted by Crippen LogP contribution is -2.19. The molecule has 76 valence electrons. The van der Waals surface area contributed by atoms with Crippen LogP contribution in [0.1, 0.15) is 5.56 Å². The quantitative estimate of drug-likeness (QED) is 0.831. The third-order valence-corrected chi connectivity index (χ3v) is 3.20. The van der Waals surface area contributed by atoms with Crippen LogP contribution in [0.2, 0.25) is 0 Å². The average molecular weight is 215 g/mol. The Hall–Kier alpha value is -1.36. The maximum atomic E-state index is 13.2. The van der Waals surface area contributed by atoms with E-state index in [2.05, 4.69) is 6.58 Å². The molecule has 0 amide bonds. The predicted molar refractivity (Wildman–Crippen MR) is 51.7 cm³/mol. The highest BCUT2D eigenvalue weighted by atomic mass is 32.2. The first-order valence-electron chi connectivity index (χ1n) is 3.87. The summed E-state index contributed by atoms with van der Waals surface area (Å²) in [5, 5.41) is 0. The van der Waals surface area contributed by atoms with Gasteiger partial charge in [-0.1, -0.05) is 18.7 Å². The smallest absolute Gasteiger partial charge is 0.264 e. The Morgan fingerprint density at radius 3 is 2.64 bits per heavy atom. The fraction of sp³-hybridized carbons (Fsp3) is 0.111. The van der Waals surface area contributed by atoms with Crippen LogP contribution in [0, 0.1) is 12.7 Å². The van der Waals surface area contributed by atoms with Crippen LogP contribution in [0.4, 0.5) is 4.39 Å². The van der Waals surface area contributed by atoms with Crippen LogP contribution in [0.15, 0.2) is 35.9 Å². The molecule has 0 aromatic heterocycles. The van der Waals surface area contributed by atoms with Gasteiger partial charge in [-0.05, 0) is 18.6 Å². The van der Waals surface area contributed by atoms with Gasteiger partial charge in [-0.15, -0.1) is 0 Å². The monoisotopic (exact) mass is 215 g/mol. The molecule has 0 heterocycles. The molecule has 0 aliphatic carbocycles. The van der Waals surface area contributed by atoms with Crippen molar-refractivity contribution < 1.29 is 12.8 Å². The molecule has 0 atom stereocenters. The molecule has 1 aromatic carbocycles. The number of hydrogen-bond acceptors (Lipinski definition) is 2. The molecule has 1 rings (SSSR count). The molecular formula is C9H10FNO2S. The number of rotatable bonds is 3. The van der Waals surface area contributed by atoms with Gasteiger partial charge in [-0.2, -0.15) is 0 Å². The van der Waals surface area contributed by atoms with Crippen molar-refractivity contribution in [3.05, 3.63) is 42.4 Å². The maximum absolute atomic E-state index is 13.2. The zero-order valence-electron chi connectivity index (χ0n) is 7.62. The Morgan fingerprint density at radius 1 is 1.50 bits per heavy atom. The summed E-state index contributed by atoms with van der Waals surface area (Å²) in [5.41, 5.74) is 0.361. The standard InChI is InChI=1S/C9H10FNO2S/c1-3-11-14(12,13)9-7(2)5-4-6-8(9)10/h3-6,11H,1H2,2H3. The molecule has 0 aliphatic heterocycles. The summed E-state index contributed by atoms with van der Waals surface area (Å²) in [5.74, 6) is -0.764. The van der Waals surface area contributed by atoms with Crippen molar-refractivity contribution in [1.82, 2.24) is 4.72 Å². The molecule has 1 aromatic rings. The van der Waals surface area contributed by atoms with Crippen LogP contribution < -0.4 is 4.72 Å². The lowest BCUT2D eigenvalue weighted by Gasteiger charge is -2.07. The minimum absolute atomic E-state index is 0.333. The van der Waals surface area contributed by atoms with Crippen molar-refractivity contribution >= 4 is 10.0 Å². The molecule has 0 saturated carbocycles. The zero-order valence-corrected chi connectivity index (χ0v) is 8.44. The SMILES string of the molecule is C=CNS(=O)(=O)c1c(C)cccc1F. The summed E-state index contributed by atoms with van der Waals surface area (Å²) in [4.78, 5) is -0.333. The number of benzene rings is 1. The van der Waals surface area contributed by atoms with Crippen molar-refractivity contribution in [2.45, 2.75) is 11.8 Å². The molecule has 14 heavy (non-hydrogen) atoms. The van der Waals surface area contributed by atoms with Gasteiger partial charge in [0.1, 0.15) is 10.7 Å². The molecule has 0 fully saturated rings. The molecule has 0 spiro atoms. The van der Waals surface area contributed by atoms with Crippen molar-refractivity contribution in [1.29, 1.82) is 0 Å². The number of sulfonamides is 1. The van der Waals surface area contributed by atoms with E-state index in [-0.39, 0.29) is 4.90 Å². The summed E-state index contributed by atoms with van der Waals surface area (Å²) in [7, 11) is -3.81. The Morgan fingerprint density at radius 2 is 2.14 bits per heavy atom. The summed E-state index contributed by atoms with van der Waals surface area (Å²) < 4.78 is 38.1. The van der Waals surface area contributed by atoms with Gasteiger partial charge in [0.15, 0.2) is 0 Å². The Bertz CT molecular complexity index is 434. The minimum Gasteiger partial charge on any atom is -0.287 e. The van der Waals surface area contributed by atoms with Crippen LogP contribution >= 0.6 is 0 Å². The molecule has 0 unspecified atom stereocenters. The van der Waals surface area contributed by atoms with Crippen LogP contribution in [-0.2, 0) is 10.0 Å². The van der Waals surface area contributed by atoms with E-state index in [1.54, 1.807) is 0 Å². The summed E-state index contributed by atoms with van der Waals surface area (Å²) in [6.45, 7) is 4.75.